The van der Waals surface area contributed by atoms with Crippen LogP contribution in [0.1, 0.15) is 27.8 Å². The van der Waals surface area contributed by atoms with E-state index in [0.717, 1.165) is 5.56 Å². The fourth-order valence-electron chi connectivity index (χ4n) is 3.26. The Hall–Kier alpha value is -4.01. The minimum Gasteiger partial charge on any atom is -0.497 e. The van der Waals surface area contributed by atoms with Gasteiger partial charge in [-0.3, -0.25) is 9.59 Å². The first-order valence-electron chi connectivity index (χ1n) is 9.63. The number of nitrogens with zero attached hydrogens (tertiary/aromatic N) is 2. The Morgan fingerprint density at radius 1 is 1.16 bits per heavy atom. The second-order valence-electron chi connectivity index (χ2n) is 6.92. The van der Waals surface area contributed by atoms with Crippen LogP contribution in [0.5, 0.6) is 17.2 Å². The number of ether oxygens (including phenoxy) is 3. The lowest BCUT2D eigenvalue weighted by molar-refractivity contribution is -0.120. The molecule has 1 atom stereocenters. The van der Waals surface area contributed by atoms with E-state index in [2.05, 4.69) is 15.6 Å². The van der Waals surface area contributed by atoms with Gasteiger partial charge >= 0.3 is 0 Å². The van der Waals surface area contributed by atoms with Crippen LogP contribution in [0.2, 0.25) is 0 Å². The summed E-state index contributed by atoms with van der Waals surface area (Å²) in [6.45, 7) is -0.0624. The molecule has 1 aliphatic heterocycles. The van der Waals surface area contributed by atoms with Gasteiger partial charge in [0.15, 0.2) is 11.5 Å². The number of hydrogen-bond donors (Lipinski definition) is 2. The van der Waals surface area contributed by atoms with Crippen molar-refractivity contribution in [1.29, 1.82) is 0 Å². The molecule has 3 aromatic rings. The third kappa shape index (κ3) is 4.45. The van der Waals surface area contributed by atoms with Crippen LogP contribution in [-0.2, 0) is 11.8 Å². The van der Waals surface area contributed by atoms with Gasteiger partial charge < -0.3 is 29.4 Å². The molecule has 0 radical (unpaired) electrons. The van der Waals surface area contributed by atoms with Crippen molar-refractivity contribution < 1.29 is 23.8 Å². The molecule has 0 bridgehead atoms. The predicted molar refractivity (Wildman–Crippen MR) is 111 cm³/mol. The molecule has 2 N–H and O–H groups in total. The SMILES string of the molecule is COc1ccc([C@@H](NC(=O)CNC(=O)c2ccc3c(c2)OCO3)c2nccn2C)cc1. The summed E-state index contributed by atoms with van der Waals surface area (Å²) < 4.78 is 17.6. The van der Waals surface area contributed by atoms with E-state index in [1.54, 1.807) is 37.7 Å². The van der Waals surface area contributed by atoms with Crippen molar-refractivity contribution in [3.8, 4) is 17.2 Å². The summed E-state index contributed by atoms with van der Waals surface area (Å²) in [5, 5.41) is 5.57. The molecular weight excluding hydrogens is 400 g/mol. The van der Waals surface area contributed by atoms with Crippen molar-refractivity contribution in [1.82, 2.24) is 20.2 Å². The van der Waals surface area contributed by atoms with E-state index in [1.165, 1.54) is 0 Å². The zero-order valence-corrected chi connectivity index (χ0v) is 17.1. The molecule has 31 heavy (non-hydrogen) atoms. The average molecular weight is 422 g/mol. The van der Waals surface area contributed by atoms with Crippen LogP contribution in [0.3, 0.4) is 0 Å². The van der Waals surface area contributed by atoms with E-state index in [1.807, 2.05) is 35.9 Å². The molecule has 0 saturated heterocycles. The lowest BCUT2D eigenvalue weighted by Gasteiger charge is -2.19. The molecule has 0 saturated carbocycles. The molecule has 0 unspecified atom stereocenters. The van der Waals surface area contributed by atoms with Crippen molar-refractivity contribution >= 4 is 11.8 Å². The molecule has 9 heteroatoms. The Kier molecular flexibility index (Phi) is 5.74. The van der Waals surface area contributed by atoms with Gasteiger partial charge in [-0.1, -0.05) is 12.1 Å². The zero-order valence-electron chi connectivity index (χ0n) is 17.1. The molecule has 2 aromatic carbocycles. The number of amides is 2. The summed E-state index contributed by atoms with van der Waals surface area (Å²) in [5.41, 5.74) is 1.22. The highest BCUT2D eigenvalue weighted by Crippen LogP contribution is 2.32. The van der Waals surface area contributed by atoms with Gasteiger partial charge in [-0.15, -0.1) is 0 Å². The number of aromatic nitrogens is 2. The van der Waals surface area contributed by atoms with Gasteiger partial charge in [0.05, 0.1) is 13.7 Å². The van der Waals surface area contributed by atoms with Crippen molar-refractivity contribution in [2.75, 3.05) is 20.4 Å². The van der Waals surface area contributed by atoms with E-state index in [0.29, 0.717) is 28.6 Å². The third-order valence-corrected chi connectivity index (χ3v) is 4.92. The maximum Gasteiger partial charge on any atom is 0.251 e. The number of hydrogen-bond acceptors (Lipinski definition) is 6. The van der Waals surface area contributed by atoms with Crippen molar-refractivity contribution in [2.45, 2.75) is 6.04 Å². The van der Waals surface area contributed by atoms with Gasteiger partial charge in [-0.05, 0) is 35.9 Å². The van der Waals surface area contributed by atoms with Gasteiger partial charge in [0.2, 0.25) is 12.7 Å². The lowest BCUT2D eigenvalue weighted by atomic mass is 10.1. The van der Waals surface area contributed by atoms with E-state index >= 15 is 0 Å². The number of carbonyl (C=O) groups is 2. The average Bonchev–Trinajstić information content (AvgIpc) is 3.44. The molecule has 1 aromatic heterocycles. The highest BCUT2D eigenvalue weighted by atomic mass is 16.7. The summed E-state index contributed by atoms with van der Waals surface area (Å²) in [7, 11) is 3.45. The van der Waals surface area contributed by atoms with Crippen LogP contribution < -0.4 is 24.8 Å². The number of rotatable bonds is 7. The summed E-state index contributed by atoms with van der Waals surface area (Å²) in [6, 6.07) is 11.8. The molecule has 0 spiro atoms. The topological polar surface area (TPSA) is 104 Å². The first kappa shape index (κ1) is 20.3. The quantitative estimate of drug-likeness (QED) is 0.602. The predicted octanol–water partition coefficient (Wildman–Crippen LogP) is 1.79. The van der Waals surface area contributed by atoms with Crippen molar-refractivity contribution in [3.63, 3.8) is 0 Å². The summed E-state index contributed by atoms with van der Waals surface area (Å²) >= 11 is 0. The fraction of sp³-hybridized carbons (Fsp3) is 0.227. The monoisotopic (exact) mass is 422 g/mol. The molecule has 9 nitrogen and oxygen atoms in total. The number of carbonyl (C=O) groups excluding carboxylic acids is 2. The van der Waals surface area contributed by atoms with Gasteiger partial charge in [0.25, 0.3) is 5.91 Å². The second kappa shape index (κ2) is 8.78. The number of benzene rings is 2. The minimum absolute atomic E-state index is 0.128. The molecule has 4 rings (SSSR count). The van der Waals surface area contributed by atoms with Gasteiger partial charge in [-0.25, -0.2) is 4.98 Å². The van der Waals surface area contributed by atoms with Crippen LogP contribution in [0.15, 0.2) is 54.9 Å². The third-order valence-electron chi connectivity index (χ3n) is 4.92. The summed E-state index contributed by atoms with van der Waals surface area (Å²) in [4.78, 5) is 29.5. The van der Waals surface area contributed by atoms with Crippen LogP contribution in [0.4, 0.5) is 0 Å². The number of methoxy groups -OCH3 is 1. The lowest BCUT2D eigenvalue weighted by Crippen LogP contribution is -2.39. The van der Waals surface area contributed by atoms with Crippen LogP contribution in [0, 0.1) is 0 Å². The summed E-state index contributed by atoms with van der Waals surface area (Å²) in [5.74, 6) is 1.74. The Labute approximate surface area is 178 Å². The number of aryl methyl sites for hydroxylation is 1. The number of fused-ring (bicyclic) bond motifs is 1. The van der Waals surface area contributed by atoms with Crippen molar-refractivity contribution in [3.05, 3.63) is 71.8 Å². The normalized spacial score (nSPS) is 12.8. The second-order valence-corrected chi connectivity index (χ2v) is 6.92. The van der Waals surface area contributed by atoms with E-state index in [4.69, 9.17) is 14.2 Å². The molecular formula is C22H22N4O5. The Bertz CT molecular complexity index is 1090. The highest BCUT2D eigenvalue weighted by Gasteiger charge is 2.22. The first-order chi connectivity index (χ1) is 15.0. The van der Waals surface area contributed by atoms with Crippen LogP contribution >= 0.6 is 0 Å². The van der Waals surface area contributed by atoms with Gasteiger partial charge in [0.1, 0.15) is 17.6 Å². The fourth-order valence-corrected chi connectivity index (χ4v) is 3.26. The Morgan fingerprint density at radius 3 is 2.65 bits per heavy atom. The molecule has 2 heterocycles. The van der Waals surface area contributed by atoms with Crippen molar-refractivity contribution in [2.24, 2.45) is 7.05 Å². The maximum absolute atomic E-state index is 12.6. The standard InChI is InChI=1S/C22H22N4O5/c1-26-10-9-23-21(26)20(14-3-6-16(29-2)7-4-14)25-19(27)12-24-22(28)15-5-8-17-18(11-15)31-13-30-17/h3-11,20H,12-13H2,1-2H3,(H,24,28)(H,25,27)/t20-/m1/s1. The van der Waals surface area contributed by atoms with Gasteiger partial charge in [0, 0.05) is 25.0 Å². The maximum atomic E-state index is 12.6. The Morgan fingerprint density at radius 2 is 1.94 bits per heavy atom. The smallest absolute Gasteiger partial charge is 0.251 e. The first-order valence-corrected chi connectivity index (χ1v) is 9.63. The number of imidazole rings is 1. The minimum atomic E-state index is -0.485. The zero-order chi connectivity index (χ0) is 21.8. The Balaban J connectivity index is 1.43. The van der Waals surface area contributed by atoms with Gasteiger partial charge in [-0.2, -0.15) is 0 Å². The molecule has 0 aliphatic carbocycles. The van der Waals surface area contributed by atoms with E-state index in [-0.39, 0.29) is 25.2 Å². The molecule has 0 fully saturated rings. The van der Waals surface area contributed by atoms with E-state index in [9.17, 15) is 9.59 Å². The molecule has 1 aliphatic rings. The molecule has 2 amide bonds. The van der Waals surface area contributed by atoms with Crippen LogP contribution in [0.25, 0.3) is 0 Å². The highest BCUT2D eigenvalue weighted by molar-refractivity contribution is 5.97. The summed E-state index contributed by atoms with van der Waals surface area (Å²) in [6.07, 6.45) is 3.47. The largest absolute Gasteiger partial charge is 0.497 e. The van der Waals surface area contributed by atoms with E-state index < -0.39 is 6.04 Å². The van der Waals surface area contributed by atoms with Crippen LogP contribution in [-0.4, -0.2) is 41.8 Å². The number of nitrogens with one attached hydrogen (secondary N) is 2. The molecule has 160 valence electrons.